The normalized spacial score (nSPS) is 30.3. The van der Waals surface area contributed by atoms with E-state index in [2.05, 4.69) is 18.7 Å². The maximum atomic E-state index is 10.7. The smallest absolute Gasteiger partial charge is 0.306 e. The summed E-state index contributed by atoms with van der Waals surface area (Å²) in [5.41, 5.74) is 0. The third kappa shape index (κ3) is 2.69. The molecule has 0 aliphatic carbocycles. The molecule has 1 rings (SSSR count). The molecule has 0 saturated carbocycles. The molecule has 0 radical (unpaired) electrons. The van der Waals surface area contributed by atoms with Crippen molar-refractivity contribution >= 4 is 5.97 Å². The number of carboxylic acid groups (broad SMARTS) is 1. The van der Waals surface area contributed by atoms with Gasteiger partial charge in [-0.25, -0.2) is 0 Å². The van der Waals surface area contributed by atoms with Gasteiger partial charge in [-0.15, -0.1) is 0 Å². The minimum Gasteiger partial charge on any atom is -0.481 e. The predicted octanol–water partition coefficient (Wildman–Crippen LogP) is 1.58. The second-order valence-electron chi connectivity index (χ2n) is 3.94. The first-order chi connectivity index (χ1) is 6.15. The molecular formula is C10H19NO2. The Kier molecular flexibility index (Phi) is 3.72. The fourth-order valence-corrected chi connectivity index (χ4v) is 2.06. The average molecular weight is 185 g/mol. The summed E-state index contributed by atoms with van der Waals surface area (Å²) in [6, 6.07) is 0.440. The number of aliphatic carboxylic acids is 1. The van der Waals surface area contributed by atoms with Crippen LogP contribution in [0.4, 0.5) is 0 Å². The van der Waals surface area contributed by atoms with Crippen molar-refractivity contribution in [3.8, 4) is 0 Å². The van der Waals surface area contributed by atoms with E-state index in [0.717, 1.165) is 32.4 Å². The van der Waals surface area contributed by atoms with Crippen LogP contribution in [0.5, 0.6) is 0 Å². The summed E-state index contributed by atoms with van der Waals surface area (Å²) >= 11 is 0. The number of nitrogens with zero attached hydrogens (tertiary/aromatic N) is 1. The number of piperidine rings is 1. The van der Waals surface area contributed by atoms with Crippen LogP contribution in [0, 0.1) is 5.92 Å². The van der Waals surface area contributed by atoms with Gasteiger partial charge in [0.25, 0.3) is 0 Å². The van der Waals surface area contributed by atoms with Crippen LogP contribution in [0.25, 0.3) is 0 Å². The van der Waals surface area contributed by atoms with Crippen molar-refractivity contribution in [1.29, 1.82) is 0 Å². The molecule has 0 amide bonds. The van der Waals surface area contributed by atoms with Crippen LogP contribution in [0.15, 0.2) is 0 Å². The van der Waals surface area contributed by atoms with E-state index in [-0.39, 0.29) is 5.92 Å². The molecule has 0 aromatic carbocycles. The molecule has 0 bridgehead atoms. The number of carbonyl (C=O) groups is 1. The lowest BCUT2D eigenvalue weighted by molar-refractivity contribution is -0.144. The van der Waals surface area contributed by atoms with Gasteiger partial charge >= 0.3 is 5.97 Å². The van der Waals surface area contributed by atoms with E-state index in [1.807, 2.05) is 0 Å². The highest BCUT2D eigenvalue weighted by molar-refractivity contribution is 5.70. The lowest BCUT2D eigenvalue weighted by Crippen LogP contribution is -2.42. The number of hydrogen-bond donors (Lipinski definition) is 1. The Hall–Kier alpha value is -0.570. The highest BCUT2D eigenvalue weighted by atomic mass is 16.4. The van der Waals surface area contributed by atoms with Gasteiger partial charge in [0.15, 0.2) is 0 Å². The van der Waals surface area contributed by atoms with Crippen LogP contribution >= 0.6 is 0 Å². The van der Waals surface area contributed by atoms with Gasteiger partial charge in [0.1, 0.15) is 0 Å². The first kappa shape index (κ1) is 10.5. The van der Waals surface area contributed by atoms with Crippen molar-refractivity contribution in [2.45, 2.75) is 39.2 Å². The molecule has 13 heavy (non-hydrogen) atoms. The Morgan fingerprint density at radius 1 is 1.62 bits per heavy atom. The lowest BCUT2D eigenvalue weighted by atomic mass is 9.92. The quantitative estimate of drug-likeness (QED) is 0.725. The maximum Gasteiger partial charge on any atom is 0.306 e. The molecule has 1 N–H and O–H groups in total. The van der Waals surface area contributed by atoms with Crippen LogP contribution in [-0.2, 0) is 4.79 Å². The lowest BCUT2D eigenvalue weighted by Gasteiger charge is -2.35. The topological polar surface area (TPSA) is 40.5 Å². The molecule has 76 valence electrons. The minimum atomic E-state index is -0.622. The second kappa shape index (κ2) is 4.61. The molecule has 0 aromatic rings. The van der Waals surface area contributed by atoms with E-state index in [1.165, 1.54) is 0 Å². The zero-order valence-electron chi connectivity index (χ0n) is 8.49. The Morgan fingerprint density at radius 2 is 2.31 bits per heavy atom. The molecule has 3 nitrogen and oxygen atoms in total. The highest BCUT2D eigenvalue weighted by Gasteiger charge is 2.28. The van der Waals surface area contributed by atoms with E-state index in [9.17, 15) is 4.79 Å². The molecule has 1 aliphatic rings. The Balaban J connectivity index is 2.41. The van der Waals surface area contributed by atoms with Crippen molar-refractivity contribution in [3.63, 3.8) is 0 Å². The van der Waals surface area contributed by atoms with Gasteiger partial charge in [-0.2, -0.15) is 0 Å². The first-order valence-corrected chi connectivity index (χ1v) is 5.12. The van der Waals surface area contributed by atoms with Gasteiger partial charge in [0.2, 0.25) is 0 Å². The summed E-state index contributed by atoms with van der Waals surface area (Å²) in [4.78, 5) is 13.1. The Morgan fingerprint density at radius 3 is 2.77 bits per heavy atom. The number of hydrogen-bond acceptors (Lipinski definition) is 2. The highest BCUT2D eigenvalue weighted by Crippen LogP contribution is 2.22. The fraction of sp³-hybridized carbons (Fsp3) is 0.900. The van der Waals surface area contributed by atoms with E-state index in [0.29, 0.717) is 6.04 Å². The van der Waals surface area contributed by atoms with Crippen molar-refractivity contribution in [2.24, 2.45) is 5.92 Å². The summed E-state index contributed by atoms with van der Waals surface area (Å²) < 4.78 is 0. The molecule has 1 heterocycles. The largest absolute Gasteiger partial charge is 0.481 e. The van der Waals surface area contributed by atoms with Gasteiger partial charge in [-0.1, -0.05) is 6.92 Å². The number of likely N-dealkylation sites (tertiary alicyclic amines) is 1. The first-order valence-electron chi connectivity index (χ1n) is 5.12. The predicted molar refractivity (Wildman–Crippen MR) is 51.7 cm³/mol. The SMILES string of the molecule is CCCN1CCC(C(=O)O)CC1C. The second-order valence-corrected chi connectivity index (χ2v) is 3.94. The molecule has 2 atom stereocenters. The van der Waals surface area contributed by atoms with Crippen LogP contribution < -0.4 is 0 Å². The zero-order valence-corrected chi connectivity index (χ0v) is 8.49. The van der Waals surface area contributed by atoms with Gasteiger partial charge in [0.05, 0.1) is 5.92 Å². The Bertz CT molecular complexity index is 182. The van der Waals surface area contributed by atoms with Crippen molar-refractivity contribution < 1.29 is 9.90 Å². The minimum absolute atomic E-state index is 0.108. The van der Waals surface area contributed by atoms with Crippen LogP contribution in [-0.4, -0.2) is 35.1 Å². The molecule has 1 saturated heterocycles. The molecule has 3 heteroatoms. The molecule has 0 aromatic heterocycles. The van der Waals surface area contributed by atoms with Gasteiger partial charge in [-0.05, 0) is 39.3 Å². The van der Waals surface area contributed by atoms with Gasteiger partial charge < -0.3 is 10.0 Å². The standard InChI is InChI=1S/C10H19NO2/c1-3-5-11-6-4-9(10(12)13)7-8(11)2/h8-9H,3-7H2,1-2H3,(H,12,13). The summed E-state index contributed by atoms with van der Waals surface area (Å²) in [7, 11) is 0. The summed E-state index contributed by atoms with van der Waals surface area (Å²) in [6.07, 6.45) is 2.79. The van der Waals surface area contributed by atoms with Crippen molar-refractivity contribution in [3.05, 3.63) is 0 Å². The number of rotatable bonds is 3. The van der Waals surface area contributed by atoms with E-state index in [4.69, 9.17) is 5.11 Å². The Labute approximate surface area is 79.7 Å². The summed E-state index contributed by atoms with van der Waals surface area (Å²) in [5, 5.41) is 8.85. The van der Waals surface area contributed by atoms with E-state index in [1.54, 1.807) is 0 Å². The van der Waals surface area contributed by atoms with Crippen LogP contribution in [0.1, 0.15) is 33.1 Å². The summed E-state index contributed by atoms with van der Waals surface area (Å²) in [5.74, 6) is -0.730. The van der Waals surface area contributed by atoms with E-state index < -0.39 is 5.97 Å². The van der Waals surface area contributed by atoms with Crippen LogP contribution in [0.2, 0.25) is 0 Å². The molecule has 2 unspecified atom stereocenters. The number of carboxylic acids is 1. The fourth-order valence-electron chi connectivity index (χ4n) is 2.06. The van der Waals surface area contributed by atoms with Crippen molar-refractivity contribution in [2.75, 3.05) is 13.1 Å². The third-order valence-electron chi connectivity index (χ3n) is 2.87. The van der Waals surface area contributed by atoms with Crippen molar-refractivity contribution in [1.82, 2.24) is 4.90 Å². The maximum absolute atomic E-state index is 10.7. The average Bonchev–Trinajstić information content (AvgIpc) is 2.08. The van der Waals surface area contributed by atoms with E-state index >= 15 is 0 Å². The molecular weight excluding hydrogens is 166 g/mol. The van der Waals surface area contributed by atoms with Crippen LogP contribution in [0.3, 0.4) is 0 Å². The molecule has 1 fully saturated rings. The monoisotopic (exact) mass is 185 g/mol. The summed E-state index contributed by atoms with van der Waals surface area (Å²) in [6.45, 7) is 6.35. The molecule has 1 aliphatic heterocycles. The molecule has 0 spiro atoms. The van der Waals surface area contributed by atoms with Gasteiger partial charge in [0, 0.05) is 6.04 Å². The van der Waals surface area contributed by atoms with Gasteiger partial charge in [-0.3, -0.25) is 4.79 Å². The zero-order chi connectivity index (χ0) is 9.84. The third-order valence-corrected chi connectivity index (χ3v) is 2.87.